The molecule has 182 valence electrons. The van der Waals surface area contributed by atoms with E-state index in [1.807, 2.05) is 55.5 Å². The molecule has 1 aliphatic carbocycles. The van der Waals surface area contributed by atoms with E-state index < -0.39 is 10.0 Å². The van der Waals surface area contributed by atoms with Crippen molar-refractivity contribution in [3.63, 3.8) is 0 Å². The fourth-order valence-corrected chi connectivity index (χ4v) is 7.36. The zero-order valence-electron chi connectivity index (χ0n) is 20.2. The number of rotatable bonds is 5. The minimum Gasteiger partial charge on any atom is -0.369 e. The minimum absolute atomic E-state index is 0.120. The van der Waals surface area contributed by atoms with Crippen LogP contribution in [-0.2, 0) is 10.0 Å². The predicted octanol–water partition coefficient (Wildman–Crippen LogP) is 4.30. The Bertz CT molecular complexity index is 1130. The number of para-hydroxylation sites is 1. The van der Waals surface area contributed by atoms with E-state index in [0.29, 0.717) is 18.4 Å². The Morgan fingerprint density at radius 1 is 0.882 bits per heavy atom. The Balaban J connectivity index is 1.29. The summed E-state index contributed by atoms with van der Waals surface area (Å²) in [5.41, 5.74) is 3.49. The lowest BCUT2D eigenvalue weighted by molar-refractivity contribution is 0.0739. The van der Waals surface area contributed by atoms with Gasteiger partial charge in [0.05, 0.1) is 18.0 Å². The summed E-state index contributed by atoms with van der Waals surface area (Å²) in [5.74, 6) is 1.47. The van der Waals surface area contributed by atoms with Gasteiger partial charge >= 0.3 is 0 Å². The van der Waals surface area contributed by atoms with Gasteiger partial charge in [-0.2, -0.15) is 0 Å². The number of benzene rings is 2. The number of anilines is 2. The van der Waals surface area contributed by atoms with Gasteiger partial charge in [-0.15, -0.1) is 0 Å². The zero-order chi connectivity index (χ0) is 23.9. The van der Waals surface area contributed by atoms with Crippen LogP contribution in [0.3, 0.4) is 0 Å². The van der Waals surface area contributed by atoms with Crippen LogP contribution in [0.15, 0.2) is 48.5 Å². The molecule has 6 nitrogen and oxygen atoms in total. The number of hydrogen-bond donors (Lipinski definition) is 0. The molecule has 0 radical (unpaired) electrons. The average Bonchev–Trinajstić information content (AvgIpc) is 3.08. The standard InChI is InChI=1S/C27H35N3O3S/c1-20-5-3-4-6-26(20)30(34(2,32)33)25-15-16-28(19-25)24-13-11-23(12-14-24)27(31)29-17-21-7-8-22(18-29)10-9-21/h3-6,11-14,21-22,25H,7-10,15-19H2,1-2H3. The topological polar surface area (TPSA) is 60.9 Å². The first-order valence-electron chi connectivity index (χ1n) is 12.5. The third kappa shape index (κ3) is 4.67. The number of hydrogen-bond acceptors (Lipinski definition) is 4. The van der Waals surface area contributed by atoms with Crippen LogP contribution < -0.4 is 9.21 Å². The van der Waals surface area contributed by atoms with Gasteiger partial charge in [-0.05, 0) is 86.8 Å². The van der Waals surface area contributed by atoms with Crippen molar-refractivity contribution >= 4 is 27.3 Å². The summed E-state index contributed by atoms with van der Waals surface area (Å²) in [4.78, 5) is 17.5. The molecule has 0 aromatic heterocycles. The fourth-order valence-electron chi connectivity index (χ4n) is 6.08. The number of fused-ring (bicyclic) bond motifs is 4. The maximum atomic E-state index is 13.2. The van der Waals surface area contributed by atoms with Crippen molar-refractivity contribution in [2.24, 2.45) is 11.8 Å². The maximum absolute atomic E-state index is 13.2. The number of carbonyl (C=O) groups excluding carboxylic acids is 1. The summed E-state index contributed by atoms with van der Waals surface area (Å²) in [6.07, 6.45) is 7.09. The highest BCUT2D eigenvalue weighted by Gasteiger charge is 2.35. The Labute approximate surface area is 203 Å². The third-order valence-corrected chi connectivity index (χ3v) is 9.10. The lowest BCUT2D eigenvalue weighted by Crippen LogP contribution is -2.42. The van der Waals surface area contributed by atoms with Crippen LogP contribution in [0.4, 0.5) is 11.4 Å². The van der Waals surface area contributed by atoms with Crippen molar-refractivity contribution in [2.75, 3.05) is 41.6 Å². The summed E-state index contributed by atoms with van der Waals surface area (Å²) < 4.78 is 27.0. The molecule has 3 aliphatic heterocycles. The molecule has 1 saturated carbocycles. The average molecular weight is 482 g/mol. The summed E-state index contributed by atoms with van der Waals surface area (Å²) in [6.45, 7) is 5.15. The molecule has 2 aromatic rings. The van der Waals surface area contributed by atoms with Crippen molar-refractivity contribution in [1.82, 2.24) is 4.90 Å². The lowest BCUT2D eigenvalue weighted by Gasteiger charge is -2.30. The number of sulfonamides is 1. The summed E-state index contributed by atoms with van der Waals surface area (Å²) >= 11 is 0. The molecule has 3 heterocycles. The molecular weight excluding hydrogens is 446 g/mol. The largest absolute Gasteiger partial charge is 0.369 e. The van der Waals surface area contributed by atoms with Gasteiger partial charge in [-0.1, -0.05) is 18.2 Å². The van der Waals surface area contributed by atoms with E-state index in [0.717, 1.165) is 48.6 Å². The molecule has 1 atom stereocenters. The maximum Gasteiger partial charge on any atom is 0.253 e. The predicted molar refractivity (Wildman–Crippen MR) is 137 cm³/mol. The van der Waals surface area contributed by atoms with Crippen LogP contribution in [0.2, 0.25) is 0 Å². The van der Waals surface area contributed by atoms with E-state index in [4.69, 9.17) is 0 Å². The second-order valence-electron chi connectivity index (χ2n) is 10.4. The van der Waals surface area contributed by atoms with E-state index in [2.05, 4.69) is 9.80 Å². The zero-order valence-corrected chi connectivity index (χ0v) is 21.0. The molecule has 1 amide bonds. The monoisotopic (exact) mass is 481 g/mol. The van der Waals surface area contributed by atoms with E-state index in [-0.39, 0.29) is 11.9 Å². The van der Waals surface area contributed by atoms with E-state index >= 15 is 0 Å². The Morgan fingerprint density at radius 3 is 2.09 bits per heavy atom. The number of amides is 1. The van der Waals surface area contributed by atoms with Gasteiger partial charge in [-0.3, -0.25) is 9.10 Å². The summed E-state index contributed by atoms with van der Waals surface area (Å²) in [7, 11) is -3.41. The lowest BCUT2D eigenvalue weighted by atomic mass is 9.84. The molecule has 2 bridgehead atoms. The molecule has 4 fully saturated rings. The molecule has 34 heavy (non-hydrogen) atoms. The van der Waals surface area contributed by atoms with Gasteiger partial charge < -0.3 is 9.80 Å². The Hall–Kier alpha value is -2.54. The van der Waals surface area contributed by atoms with Gasteiger partial charge in [-0.25, -0.2) is 8.42 Å². The van der Waals surface area contributed by atoms with E-state index in [1.54, 1.807) is 4.31 Å². The smallest absolute Gasteiger partial charge is 0.253 e. The van der Waals surface area contributed by atoms with Gasteiger partial charge in [0.15, 0.2) is 0 Å². The van der Waals surface area contributed by atoms with Crippen molar-refractivity contribution in [1.29, 1.82) is 0 Å². The van der Waals surface area contributed by atoms with Crippen LogP contribution in [0, 0.1) is 18.8 Å². The highest BCUT2D eigenvalue weighted by atomic mass is 32.2. The van der Waals surface area contributed by atoms with Crippen molar-refractivity contribution in [3.8, 4) is 0 Å². The molecular formula is C27H35N3O3S. The molecule has 0 spiro atoms. The SMILES string of the molecule is Cc1ccccc1N(C1CCN(c2ccc(C(=O)N3CC4CCC(CC4)C3)cc2)C1)S(C)(=O)=O. The van der Waals surface area contributed by atoms with Crippen molar-refractivity contribution in [3.05, 3.63) is 59.7 Å². The van der Waals surface area contributed by atoms with E-state index in [1.165, 1.54) is 31.9 Å². The highest BCUT2D eigenvalue weighted by Crippen LogP contribution is 2.35. The molecule has 6 rings (SSSR count). The molecule has 0 N–H and O–H groups in total. The molecule has 1 unspecified atom stereocenters. The highest BCUT2D eigenvalue weighted by molar-refractivity contribution is 7.92. The van der Waals surface area contributed by atoms with Crippen LogP contribution in [0.5, 0.6) is 0 Å². The molecule has 2 aromatic carbocycles. The second-order valence-corrected chi connectivity index (χ2v) is 12.2. The van der Waals surface area contributed by atoms with Crippen LogP contribution in [0.25, 0.3) is 0 Å². The van der Waals surface area contributed by atoms with Gasteiger partial charge in [0.2, 0.25) is 10.0 Å². The Kier molecular flexibility index (Phi) is 6.32. The first-order chi connectivity index (χ1) is 16.3. The molecule has 3 saturated heterocycles. The first-order valence-corrected chi connectivity index (χ1v) is 14.3. The van der Waals surface area contributed by atoms with Crippen molar-refractivity contribution < 1.29 is 13.2 Å². The first kappa shape index (κ1) is 23.2. The summed E-state index contributed by atoms with van der Waals surface area (Å²) in [5, 5.41) is 0. The van der Waals surface area contributed by atoms with E-state index in [9.17, 15) is 13.2 Å². The van der Waals surface area contributed by atoms with Gasteiger partial charge in [0.25, 0.3) is 5.91 Å². The second kappa shape index (κ2) is 9.25. The quantitative estimate of drug-likeness (QED) is 0.639. The Morgan fingerprint density at radius 2 is 1.50 bits per heavy atom. The van der Waals surface area contributed by atoms with Crippen LogP contribution >= 0.6 is 0 Å². The number of carbonyl (C=O) groups is 1. The molecule has 4 aliphatic rings. The van der Waals surface area contributed by atoms with Crippen molar-refractivity contribution in [2.45, 2.75) is 45.1 Å². The summed E-state index contributed by atoms with van der Waals surface area (Å²) in [6, 6.07) is 15.4. The fraction of sp³-hybridized carbons (Fsp3) is 0.519. The van der Waals surface area contributed by atoms with Gasteiger partial charge in [0, 0.05) is 37.4 Å². The third-order valence-electron chi connectivity index (χ3n) is 7.90. The number of nitrogens with zero attached hydrogens (tertiary/aromatic N) is 3. The van der Waals surface area contributed by atoms with Gasteiger partial charge in [0.1, 0.15) is 0 Å². The van der Waals surface area contributed by atoms with Crippen LogP contribution in [0.1, 0.15) is 48.0 Å². The number of aryl methyl sites for hydroxylation is 1. The minimum atomic E-state index is -3.41. The molecule has 7 heteroatoms. The van der Waals surface area contributed by atoms with Crippen LogP contribution in [-0.4, -0.2) is 57.7 Å². The normalized spacial score (nSPS) is 24.8.